The zero-order chi connectivity index (χ0) is 27.6. The van der Waals surface area contributed by atoms with Crippen molar-refractivity contribution >= 4 is 23.2 Å². The number of ether oxygens (including phenoxy) is 2. The Labute approximate surface area is 219 Å². The van der Waals surface area contributed by atoms with Crippen LogP contribution >= 0.6 is 0 Å². The highest BCUT2D eigenvalue weighted by Crippen LogP contribution is 2.40. The summed E-state index contributed by atoms with van der Waals surface area (Å²) >= 11 is 0. The number of amides is 1. The minimum atomic E-state index is -2.03. The number of anilines is 1. The molecule has 3 heterocycles. The average Bonchev–Trinajstić information content (AvgIpc) is 3.44. The molecule has 0 unspecified atom stereocenters. The number of benzene rings is 1. The van der Waals surface area contributed by atoms with E-state index in [1.165, 1.54) is 16.9 Å². The Hall–Kier alpha value is -3.89. The number of carbonyl (C=O) groups excluding carboxylic acids is 2. The molecule has 1 aliphatic heterocycles. The van der Waals surface area contributed by atoms with Crippen molar-refractivity contribution in [2.45, 2.75) is 57.1 Å². The van der Waals surface area contributed by atoms with Crippen LogP contribution in [0.2, 0.25) is 0 Å². The molecule has 0 saturated carbocycles. The molecule has 3 aromatic rings. The van der Waals surface area contributed by atoms with Crippen LogP contribution < -0.4 is 11.1 Å². The first kappa shape index (κ1) is 27.2. The molecule has 12 nitrogen and oxygen atoms in total. The lowest BCUT2D eigenvalue weighted by atomic mass is 9.92. The minimum Gasteiger partial charge on any atom is -0.463 e. The molecule has 0 spiro atoms. The third-order valence-corrected chi connectivity index (χ3v) is 6.47. The van der Waals surface area contributed by atoms with Crippen LogP contribution in [0.3, 0.4) is 0 Å². The Morgan fingerprint density at radius 3 is 2.63 bits per heavy atom. The van der Waals surface area contributed by atoms with Gasteiger partial charge in [0.25, 0.3) is 0 Å². The van der Waals surface area contributed by atoms with Crippen molar-refractivity contribution in [2.75, 3.05) is 11.9 Å². The summed E-state index contributed by atoms with van der Waals surface area (Å²) in [5, 5.41) is 38.4. The summed E-state index contributed by atoms with van der Waals surface area (Å²) in [6, 6.07) is 11.8. The smallest absolute Gasteiger partial charge is 0.308 e. The molecule has 5 atom stereocenters. The average molecular weight is 523 g/mol. The highest BCUT2D eigenvalue weighted by Gasteiger charge is 2.57. The summed E-state index contributed by atoms with van der Waals surface area (Å²) in [5.74, 6) is -1.24. The largest absolute Gasteiger partial charge is 0.463 e. The maximum atomic E-state index is 12.8. The van der Waals surface area contributed by atoms with Crippen LogP contribution in [0, 0.1) is 24.2 Å². The number of esters is 1. The predicted molar refractivity (Wildman–Crippen MR) is 134 cm³/mol. The molecular formula is C26H30N6O6. The van der Waals surface area contributed by atoms with Gasteiger partial charge in [-0.15, -0.1) is 0 Å². The van der Waals surface area contributed by atoms with E-state index >= 15 is 0 Å². The number of hydrogen-bond acceptors (Lipinski definition) is 10. The van der Waals surface area contributed by atoms with Gasteiger partial charge in [0, 0.05) is 0 Å². The second-order valence-electron chi connectivity index (χ2n) is 9.63. The van der Waals surface area contributed by atoms with E-state index in [1.807, 2.05) is 37.3 Å². The van der Waals surface area contributed by atoms with Gasteiger partial charge in [-0.05, 0) is 31.0 Å². The number of aliphatic hydroxyl groups excluding tert-OH is 2. The van der Waals surface area contributed by atoms with Crippen molar-refractivity contribution in [3.63, 3.8) is 0 Å². The Kier molecular flexibility index (Phi) is 7.75. The summed E-state index contributed by atoms with van der Waals surface area (Å²) < 4.78 is 12.2. The van der Waals surface area contributed by atoms with Crippen molar-refractivity contribution in [3.05, 3.63) is 59.5 Å². The van der Waals surface area contributed by atoms with E-state index in [4.69, 9.17) is 15.2 Å². The number of aromatic nitrogens is 3. The lowest BCUT2D eigenvalue weighted by Crippen LogP contribution is -2.41. The molecule has 0 bridgehead atoms. The van der Waals surface area contributed by atoms with E-state index in [2.05, 4.69) is 15.4 Å². The lowest BCUT2D eigenvalue weighted by molar-refractivity contribution is -0.154. The van der Waals surface area contributed by atoms with E-state index < -0.39 is 47.7 Å². The Balaban J connectivity index is 1.56. The molecule has 5 N–H and O–H groups in total. The SMILES string of the molecule is Cc1ccc(C[C@H](N)C(=O)Nc2ncnn3c([C@]4(C#N)O[C@H](COC(=O)C(C)C)[C@@H](O)[C@H]4O)ccc23)cc1. The zero-order valence-electron chi connectivity index (χ0n) is 21.2. The van der Waals surface area contributed by atoms with Crippen molar-refractivity contribution in [1.29, 1.82) is 5.26 Å². The van der Waals surface area contributed by atoms with Gasteiger partial charge in [-0.25, -0.2) is 9.50 Å². The van der Waals surface area contributed by atoms with Crippen molar-refractivity contribution in [1.82, 2.24) is 14.6 Å². The zero-order valence-corrected chi connectivity index (χ0v) is 21.2. The fourth-order valence-electron chi connectivity index (χ4n) is 4.24. The maximum Gasteiger partial charge on any atom is 0.308 e. The number of fused-ring (bicyclic) bond motifs is 1. The van der Waals surface area contributed by atoms with E-state index in [9.17, 15) is 25.1 Å². The Morgan fingerprint density at radius 1 is 1.26 bits per heavy atom. The first-order valence-electron chi connectivity index (χ1n) is 12.1. The molecule has 200 valence electrons. The van der Waals surface area contributed by atoms with E-state index in [0.29, 0.717) is 11.9 Å². The molecular weight excluding hydrogens is 492 g/mol. The van der Waals surface area contributed by atoms with Gasteiger partial charge in [0.2, 0.25) is 11.5 Å². The maximum absolute atomic E-state index is 12.8. The van der Waals surface area contributed by atoms with Gasteiger partial charge in [-0.2, -0.15) is 10.4 Å². The molecule has 4 rings (SSSR count). The second-order valence-corrected chi connectivity index (χ2v) is 9.63. The number of carbonyl (C=O) groups is 2. The van der Waals surface area contributed by atoms with Gasteiger partial charge >= 0.3 is 5.97 Å². The minimum absolute atomic E-state index is 0.0982. The summed E-state index contributed by atoms with van der Waals surface area (Å²) in [7, 11) is 0. The van der Waals surface area contributed by atoms with Crippen LogP contribution in [0.5, 0.6) is 0 Å². The van der Waals surface area contributed by atoms with Gasteiger partial charge in [-0.3, -0.25) is 9.59 Å². The molecule has 2 aromatic heterocycles. The molecule has 1 saturated heterocycles. The summed E-state index contributed by atoms with van der Waals surface area (Å²) in [5.41, 5.74) is 6.51. The predicted octanol–water partition coefficient (Wildman–Crippen LogP) is 0.585. The lowest BCUT2D eigenvalue weighted by Gasteiger charge is -2.24. The van der Waals surface area contributed by atoms with Crippen LogP contribution in [0.1, 0.15) is 30.7 Å². The fraction of sp³-hybridized carbons (Fsp3) is 0.423. The van der Waals surface area contributed by atoms with Crippen LogP contribution in [-0.2, 0) is 31.1 Å². The topological polar surface area (TPSA) is 185 Å². The number of nitrogens with two attached hydrogens (primary N) is 1. The standard InChI is InChI=1S/C26H30N6O6/c1-14(2)25(36)37-11-19-21(33)22(34)26(12-27,38-19)20-9-8-18-23(29-13-30-32(18)20)31-24(35)17(28)10-16-6-4-15(3)5-7-16/h4-9,13-14,17,19,21-22,33-34H,10-11,28H2,1-3H3,(H,29,30,31,35)/t17-,19+,21+,22+,26-/m0/s1. The first-order valence-corrected chi connectivity index (χ1v) is 12.1. The number of aryl methyl sites for hydroxylation is 1. The van der Waals surface area contributed by atoms with Crippen LogP contribution in [-0.4, -0.2) is 67.6 Å². The highest BCUT2D eigenvalue weighted by atomic mass is 16.6. The molecule has 0 aliphatic carbocycles. The summed E-state index contributed by atoms with van der Waals surface area (Å²) in [4.78, 5) is 28.8. The number of nitrogens with one attached hydrogen (secondary N) is 1. The van der Waals surface area contributed by atoms with E-state index in [-0.39, 0.29) is 18.1 Å². The molecule has 0 radical (unpaired) electrons. The van der Waals surface area contributed by atoms with Crippen LogP contribution in [0.15, 0.2) is 42.7 Å². The number of nitrogens with zero attached hydrogens (tertiary/aromatic N) is 4. The van der Waals surface area contributed by atoms with E-state index in [1.54, 1.807) is 19.9 Å². The van der Waals surface area contributed by atoms with Crippen LogP contribution in [0.4, 0.5) is 5.82 Å². The Morgan fingerprint density at radius 2 is 1.97 bits per heavy atom. The molecule has 1 fully saturated rings. The van der Waals surface area contributed by atoms with Gasteiger partial charge in [0.15, 0.2) is 5.82 Å². The fourth-order valence-corrected chi connectivity index (χ4v) is 4.24. The van der Waals surface area contributed by atoms with Crippen LogP contribution in [0.25, 0.3) is 5.52 Å². The van der Waals surface area contributed by atoms with E-state index in [0.717, 1.165) is 11.1 Å². The second kappa shape index (κ2) is 10.8. The molecule has 1 amide bonds. The molecule has 38 heavy (non-hydrogen) atoms. The summed E-state index contributed by atoms with van der Waals surface area (Å²) in [6.07, 6.45) is -2.86. The van der Waals surface area contributed by atoms with Gasteiger partial charge in [-0.1, -0.05) is 43.7 Å². The number of aliphatic hydroxyl groups is 2. The van der Waals surface area contributed by atoms with Crippen molar-refractivity contribution in [3.8, 4) is 6.07 Å². The van der Waals surface area contributed by atoms with Gasteiger partial charge in [0.05, 0.1) is 17.7 Å². The number of rotatable bonds is 8. The molecule has 1 aliphatic rings. The monoisotopic (exact) mass is 522 g/mol. The molecule has 1 aromatic carbocycles. The third-order valence-electron chi connectivity index (χ3n) is 6.47. The van der Waals surface area contributed by atoms with Crippen molar-refractivity contribution < 1.29 is 29.3 Å². The normalized spacial score (nSPS) is 23.8. The highest BCUT2D eigenvalue weighted by molar-refractivity contribution is 5.97. The van der Waals surface area contributed by atoms with Crippen molar-refractivity contribution in [2.24, 2.45) is 11.7 Å². The quantitative estimate of drug-likeness (QED) is 0.305. The first-order chi connectivity index (χ1) is 18.1. The number of nitriles is 1. The third kappa shape index (κ3) is 5.09. The van der Waals surface area contributed by atoms with Gasteiger partial charge in [0.1, 0.15) is 42.8 Å². The number of hydrogen-bond donors (Lipinski definition) is 4. The Bertz CT molecular complexity index is 1370. The van der Waals surface area contributed by atoms with Gasteiger partial charge < -0.3 is 30.7 Å². The summed E-state index contributed by atoms with van der Waals surface area (Å²) in [6.45, 7) is 4.93. The molecule has 12 heteroatoms.